The Balaban J connectivity index is 1.42. The molecule has 1 aliphatic carbocycles. The molecule has 0 spiro atoms. The number of nitrogens with one attached hydrogen (secondary N) is 4. The highest BCUT2D eigenvalue weighted by atomic mass is 16.3. The molecule has 5 rings (SSSR count). The largest absolute Gasteiger partial charge is 0.507 e. The van der Waals surface area contributed by atoms with Crippen molar-refractivity contribution in [2.45, 2.75) is 0 Å². The standard InChI is InChI=1S/C26H34N6O4/c33-19-3-4-20(34)24-23(19)25(35)21-17(29-9-15-31-11-5-27-6-12-31)1-2-18(22(21)26(24)36)30-10-16-32-13-7-28-8-14-32/h1-4,27-30,33-34H,5-16H2. The molecular weight excluding hydrogens is 460 g/mol. The summed E-state index contributed by atoms with van der Waals surface area (Å²) in [6, 6.07) is 6.13. The van der Waals surface area contributed by atoms with Crippen LogP contribution in [0.25, 0.3) is 0 Å². The first kappa shape index (κ1) is 24.5. The van der Waals surface area contributed by atoms with Crippen molar-refractivity contribution < 1.29 is 19.8 Å². The highest BCUT2D eigenvalue weighted by Gasteiger charge is 2.38. The molecule has 2 aromatic rings. The minimum Gasteiger partial charge on any atom is -0.507 e. The molecular formula is C26H34N6O4. The van der Waals surface area contributed by atoms with Crippen LogP contribution in [0.1, 0.15) is 31.8 Å². The average molecular weight is 495 g/mol. The van der Waals surface area contributed by atoms with Gasteiger partial charge < -0.3 is 31.5 Å². The predicted octanol–water partition coefficient (Wildman–Crippen LogP) is 0.507. The predicted molar refractivity (Wildman–Crippen MR) is 139 cm³/mol. The van der Waals surface area contributed by atoms with Gasteiger partial charge in [0.1, 0.15) is 11.5 Å². The maximum absolute atomic E-state index is 13.7. The Morgan fingerprint density at radius 3 is 1.42 bits per heavy atom. The van der Waals surface area contributed by atoms with E-state index in [2.05, 4.69) is 31.1 Å². The quantitative estimate of drug-likeness (QED) is 0.246. The zero-order valence-corrected chi connectivity index (χ0v) is 20.4. The number of nitrogens with zero attached hydrogens (tertiary/aromatic N) is 2. The lowest BCUT2D eigenvalue weighted by molar-refractivity contribution is 0.0975. The van der Waals surface area contributed by atoms with E-state index in [0.717, 1.165) is 65.4 Å². The molecule has 2 aromatic carbocycles. The van der Waals surface area contributed by atoms with Crippen LogP contribution in [0.15, 0.2) is 24.3 Å². The monoisotopic (exact) mass is 494 g/mol. The fourth-order valence-corrected chi connectivity index (χ4v) is 5.23. The molecule has 36 heavy (non-hydrogen) atoms. The number of anilines is 2. The molecule has 0 atom stereocenters. The Hall–Kier alpha value is -3.18. The van der Waals surface area contributed by atoms with E-state index in [1.807, 2.05) is 12.1 Å². The molecule has 0 bridgehead atoms. The van der Waals surface area contributed by atoms with Crippen LogP contribution in [-0.4, -0.2) is 110 Å². The van der Waals surface area contributed by atoms with Gasteiger partial charge in [-0.25, -0.2) is 0 Å². The number of benzene rings is 2. The third-order valence-corrected chi connectivity index (χ3v) is 7.18. The van der Waals surface area contributed by atoms with Crippen molar-refractivity contribution in [1.29, 1.82) is 0 Å². The van der Waals surface area contributed by atoms with E-state index in [-0.39, 0.29) is 33.8 Å². The Labute approximate surface area is 210 Å². The van der Waals surface area contributed by atoms with Crippen molar-refractivity contribution in [1.82, 2.24) is 20.4 Å². The molecule has 0 unspecified atom stereocenters. The van der Waals surface area contributed by atoms with Gasteiger partial charge in [-0.2, -0.15) is 0 Å². The van der Waals surface area contributed by atoms with Crippen molar-refractivity contribution in [3.05, 3.63) is 46.5 Å². The van der Waals surface area contributed by atoms with Crippen LogP contribution in [0.3, 0.4) is 0 Å². The topological polar surface area (TPSA) is 129 Å². The second kappa shape index (κ2) is 10.8. The molecule has 6 N–H and O–H groups in total. The van der Waals surface area contributed by atoms with Crippen molar-refractivity contribution in [2.24, 2.45) is 0 Å². The van der Waals surface area contributed by atoms with Crippen LogP contribution >= 0.6 is 0 Å². The van der Waals surface area contributed by atoms with Gasteiger partial charge in [0.25, 0.3) is 0 Å². The van der Waals surface area contributed by atoms with E-state index in [9.17, 15) is 19.8 Å². The minimum atomic E-state index is -0.469. The number of hydrogen-bond acceptors (Lipinski definition) is 10. The molecule has 10 nitrogen and oxygen atoms in total. The summed E-state index contributed by atoms with van der Waals surface area (Å²) < 4.78 is 0. The van der Waals surface area contributed by atoms with E-state index in [1.165, 1.54) is 12.1 Å². The van der Waals surface area contributed by atoms with Gasteiger partial charge in [-0.1, -0.05) is 0 Å². The van der Waals surface area contributed by atoms with Gasteiger partial charge >= 0.3 is 0 Å². The maximum atomic E-state index is 13.7. The van der Waals surface area contributed by atoms with Gasteiger partial charge in [-0.3, -0.25) is 19.4 Å². The fourth-order valence-electron chi connectivity index (χ4n) is 5.23. The third kappa shape index (κ3) is 4.90. The summed E-state index contributed by atoms with van der Waals surface area (Å²) in [6.07, 6.45) is 0. The Morgan fingerprint density at radius 1 is 0.639 bits per heavy atom. The van der Waals surface area contributed by atoms with Crippen molar-refractivity contribution in [3.8, 4) is 11.5 Å². The molecule has 0 aromatic heterocycles. The minimum absolute atomic E-state index is 0.143. The van der Waals surface area contributed by atoms with E-state index >= 15 is 0 Å². The van der Waals surface area contributed by atoms with Crippen LogP contribution in [0.5, 0.6) is 11.5 Å². The summed E-state index contributed by atoms with van der Waals surface area (Å²) in [5.41, 5.74) is 1.30. The van der Waals surface area contributed by atoms with Crippen LogP contribution in [0.2, 0.25) is 0 Å². The molecule has 3 aliphatic rings. The number of aromatic hydroxyl groups is 2. The van der Waals surface area contributed by atoms with E-state index in [4.69, 9.17) is 0 Å². The lowest BCUT2D eigenvalue weighted by atomic mass is 9.81. The SMILES string of the molecule is O=C1c2c(O)ccc(O)c2C(=O)c2c(NCCN3CCNCC3)ccc(NCCN3CCNCC3)c21. The van der Waals surface area contributed by atoms with Gasteiger partial charge in [0.2, 0.25) is 11.6 Å². The van der Waals surface area contributed by atoms with Crippen LogP contribution in [0, 0.1) is 0 Å². The first-order valence-corrected chi connectivity index (χ1v) is 12.7. The lowest BCUT2D eigenvalue weighted by Crippen LogP contribution is -2.45. The maximum Gasteiger partial charge on any atom is 0.200 e. The molecule has 2 saturated heterocycles. The third-order valence-electron chi connectivity index (χ3n) is 7.18. The van der Waals surface area contributed by atoms with Gasteiger partial charge in [0.05, 0.1) is 22.3 Å². The zero-order chi connectivity index (χ0) is 25.1. The van der Waals surface area contributed by atoms with Gasteiger partial charge in [-0.05, 0) is 24.3 Å². The lowest BCUT2D eigenvalue weighted by Gasteiger charge is -2.29. The van der Waals surface area contributed by atoms with E-state index in [0.29, 0.717) is 24.5 Å². The number of fused-ring (bicyclic) bond motifs is 2. The number of carbonyl (C=O) groups is 2. The Bertz CT molecular complexity index is 1050. The molecule has 10 heteroatoms. The van der Waals surface area contributed by atoms with Crippen LogP contribution in [-0.2, 0) is 0 Å². The van der Waals surface area contributed by atoms with E-state index < -0.39 is 11.6 Å². The van der Waals surface area contributed by atoms with Crippen molar-refractivity contribution >= 4 is 22.9 Å². The summed E-state index contributed by atoms with van der Waals surface area (Å²) >= 11 is 0. The normalized spacial score (nSPS) is 18.6. The summed E-state index contributed by atoms with van der Waals surface area (Å²) in [7, 11) is 0. The number of ketones is 2. The molecule has 0 saturated carbocycles. The van der Waals surface area contributed by atoms with Crippen LogP contribution in [0.4, 0.5) is 11.4 Å². The average Bonchev–Trinajstić information content (AvgIpc) is 2.90. The first-order chi connectivity index (χ1) is 17.5. The second-order valence-electron chi connectivity index (χ2n) is 9.46. The number of carbonyl (C=O) groups excluding carboxylic acids is 2. The second-order valence-corrected chi connectivity index (χ2v) is 9.46. The number of piperazine rings is 2. The number of hydrogen-bond donors (Lipinski definition) is 6. The van der Waals surface area contributed by atoms with E-state index in [1.54, 1.807) is 0 Å². The smallest absolute Gasteiger partial charge is 0.200 e. The highest BCUT2D eigenvalue weighted by Crippen LogP contribution is 2.42. The number of phenols is 2. The molecule has 2 aliphatic heterocycles. The Kier molecular flexibility index (Phi) is 7.38. The van der Waals surface area contributed by atoms with Gasteiger partial charge in [-0.15, -0.1) is 0 Å². The Morgan fingerprint density at radius 2 is 1.03 bits per heavy atom. The number of phenolic OH excluding ortho intramolecular Hbond substituents is 2. The van der Waals surface area contributed by atoms with Crippen molar-refractivity contribution in [2.75, 3.05) is 89.2 Å². The highest BCUT2D eigenvalue weighted by molar-refractivity contribution is 6.33. The zero-order valence-electron chi connectivity index (χ0n) is 20.4. The number of rotatable bonds is 8. The molecule has 0 radical (unpaired) electrons. The molecule has 0 amide bonds. The summed E-state index contributed by atoms with van der Waals surface area (Å²) in [5, 5.41) is 34.3. The van der Waals surface area contributed by atoms with Gasteiger partial charge in [0.15, 0.2) is 0 Å². The molecule has 192 valence electrons. The first-order valence-electron chi connectivity index (χ1n) is 12.7. The summed E-state index contributed by atoms with van der Waals surface area (Å²) in [5.74, 6) is -1.56. The summed E-state index contributed by atoms with van der Waals surface area (Å²) in [4.78, 5) is 32.0. The molecule has 2 fully saturated rings. The fraction of sp³-hybridized carbons (Fsp3) is 0.462. The summed E-state index contributed by atoms with van der Waals surface area (Å²) in [6.45, 7) is 10.5. The van der Waals surface area contributed by atoms with Crippen molar-refractivity contribution in [3.63, 3.8) is 0 Å². The molecule has 2 heterocycles. The van der Waals surface area contributed by atoms with Gasteiger partial charge in [0, 0.05) is 89.9 Å². The van der Waals surface area contributed by atoms with Crippen LogP contribution < -0.4 is 21.3 Å².